The predicted octanol–water partition coefficient (Wildman–Crippen LogP) is 4.20. The first-order valence-electron chi connectivity index (χ1n) is 6.66. The van der Waals surface area contributed by atoms with E-state index >= 15 is 0 Å². The third-order valence-corrected chi connectivity index (χ3v) is 3.92. The van der Waals surface area contributed by atoms with Gasteiger partial charge in [0.2, 0.25) is 0 Å². The third-order valence-electron chi connectivity index (χ3n) is 3.33. The van der Waals surface area contributed by atoms with Crippen molar-refractivity contribution >= 4 is 17.6 Å². The van der Waals surface area contributed by atoms with E-state index in [1.54, 1.807) is 12.1 Å². The molecule has 0 saturated heterocycles. The van der Waals surface area contributed by atoms with Crippen LogP contribution in [-0.2, 0) is 4.79 Å². The molecule has 1 N–H and O–H groups in total. The van der Waals surface area contributed by atoms with E-state index in [9.17, 15) is 9.90 Å². The first kappa shape index (κ1) is 15.4. The van der Waals surface area contributed by atoms with Crippen LogP contribution >= 0.6 is 11.6 Å². The first-order valence-corrected chi connectivity index (χ1v) is 7.04. The lowest BCUT2D eigenvalue weighted by atomic mass is 10.0. The van der Waals surface area contributed by atoms with Gasteiger partial charge in [0.05, 0.1) is 0 Å². The van der Waals surface area contributed by atoms with Crippen LogP contribution in [0.25, 0.3) is 0 Å². The quantitative estimate of drug-likeness (QED) is 0.900. The van der Waals surface area contributed by atoms with Gasteiger partial charge in [0.25, 0.3) is 0 Å². The largest absolute Gasteiger partial charge is 0.492 e. The summed E-state index contributed by atoms with van der Waals surface area (Å²) in [6, 6.07) is 12.7. The number of carbonyl (C=O) groups is 1. The maximum atomic E-state index is 11.4. The minimum Gasteiger partial charge on any atom is -0.492 e. The second-order valence-corrected chi connectivity index (χ2v) is 5.36. The van der Waals surface area contributed by atoms with Gasteiger partial charge in [-0.15, -0.1) is 0 Å². The molecule has 4 heteroatoms. The van der Waals surface area contributed by atoms with E-state index < -0.39 is 11.9 Å². The van der Waals surface area contributed by atoms with E-state index in [0.717, 1.165) is 16.7 Å². The Labute approximate surface area is 129 Å². The summed E-state index contributed by atoms with van der Waals surface area (Å²) < 4.78 is 5.66. The average Bonchev–Trinajstić information content (AvgIpc) is 2.45. The fraction of sp³-hybridized carbons (Fsp3) is 0.235. The second-order valence-electron chi connectivity index (χ2n) is 4.98. The summed E-state index contributed by atoms with van der Waals surface area (Å²) in [5.74, 6) is -0.956. The number of hydrogen-bond acceptors (Lipinski definition) is 2. The molecular weight excluding hydrogens is 288 g/mol. The van der Waals surface area contributed by atoms with Crippen molar-refractivity contribution in [3.05, 3.63) is 64.2 Å². The van der Waals surface area contributed by atoms with Gasteiger partial charge in [-0.1, -0.05) is 41.9 Å². The number of halogens is 1. The lowest BCUT2D eigenvalue weighted by Crippen LogP contribution is -2.19. The van der Waals surface area contributed by atoms with Crippen LogP contribution in [0.5, 0.6) is 5.75 Å². The fourth-order valence-corrected chi connectivity index (χ4v) is 2.27. The maximum Gasteiger partial charge on any atom is 0.314 e. The van der Waals surface area contributed by atoms with Crippen molar-refractivity contribution < 1.29 is 14.6 Å². The molecule has 21 heavy (non-hydrogen) atoms. The Morgan fingerprint density at radius 2 is 1.76 bits per heavy atom. The van der Waals surface area contributed by atoms with Crippen molar-refractivity contribution in [1.29, 1.82) is 0 Å². The van der Waals surface area contributed by atoms with Crippen LogP contribution in [0.15, 0.2) is 42.5 Å². The van der Waals surface area contributed by atoms with Crippen LogP contribution in [-0.4, -0.2) is 17.7 Å². The van der Waals surface area contributed by atoms with Crippen molar-refractivity contribution in [3.8, 4) is 5.75 Å². The van der Waals surface area contributed by atoms with Gasteiger partial charge in [-0.25, -0.2) is 0 Å². The highest BCUT2D eigenvalue weighted by molar-refractivity contribution is 6.32. The summed E-state index contributed by atoms with van der Waals surface area (Å²) in [7, 11) is 0. The van der Waals surface area contributed by atoms with Crippen molar-refractivity contribution in [2.45, 2.75) is 19.8 Å². The van der Waals surface area contributed by atoms with Gasteiger partial charge < -0.3 is 9.84 Å². The summed E-state index contributed by atoms with van der Waals surface area (Å²) in [6.07, 6.45) is 0. The van der Waals surface area contributed by atoms with Gasteiger partial charge >= 0.3 is 5.97 Å². The molecule has 0 aliphatic rings. The fourth-order valence-electron chi connectivity index (χ4n) is 2.16. The van der Waals surface area contributed by atoms with Crippen molar-refractivity contribution in [1.82, 2.24) is 0 Å². The number of benzene rings is 2. The lowest BCUT2D eigenvalue weighted by molar-refractivity contribution is -0.139. The maximum absolute atomic E-state index is 11.4. The summed E-state index contributed by atoms with van der Waals surface area (Å²) in [6.45, 7) is 3.88. The topological polar surface area (TPSA) is 46.5 Å². The molecule has 0 fully saturated rings. The Kier molecular flexibility index (Phi) is 4.86. The number of hydrogen-bond donors (Lipinski definition) is 1. The molecule has 0 radical (unpaired) electrons. The van der Waals surface area contributed by atoms with Crippen molar-refractivity contribution in [3.63, 3.8) is 0 Å². The normalized spacial score (nSPS) is 12.0. The zero-order valence-electron chi connectivity index (χ0n) is 12.0. The van der Waals surface area contributed by atoms with Crippen LogP contribution in [0.4, 0.5) is 0 Å². The summed E-state index contributed by atoms with van der Waals surface area (Å²) in [4.78, 5) is 11.4. The number of aliphatic carboxylic acids is 1. The Bertz CT molecular complexity index is 615. The molecule has 1 unspecified atom stereocenters. The molecule has 110 valence electrons. The van der Waals surface area contributed by atoms with Crippen molar-refractivity contribution in [2.24, 2.45) is 0 Å². The van der Waals surface area contributed by atoms with E-state index in [-0.39, 0.29) is 6.61 Å². The minimum atomic E-state index is -0.899. The highest BCUT2D eigenvalue weighted by atomic mass is 35.5. The number of ether oxygens (including phenoxy) is 1. The Morgan fingerprint density at radius 3 is 2.29 bits per heavy atom. The highest BCUT2D eigenvalue weighted by Gasteiger charge is 2.20. The zero-order valence-corrected chi connectivity index (χ0v) is 12.7. The molecule has 0 aliphatic heterocycles. The molecule has 0 bridgehead atoms. The number of aryl methyl sites for hydroxylation is 2. The van der Waals surface area contributed by atoms with Gasteiger partial charge in [0, 0.05) is 5.02 Å². The van der Waals surface area contributed by atoms with Crippen LogP contribution < -0.4 is 4.74 Å². The Morgan fingerprint density at radius 1 is 1.19 bits per heavy atom. The average molecular weight is 305 g/mol. The van der Waals surface area contributed by atoms with Gasteiger partial charge in [-0.05, 0) is 42.7 Å². The van der Waals surface area contributed by atoms with E-state index in [1.165, 1.54) is 0 Å². The second kappa shape index (κ2) is 6.64. The standard InChI is InChI=1S/C17H17ClO3/c1-11-8-14(9-12(2)16(11)18)21-10-15(17(19)20)13-6-4-3-5-7-13/h3-9,15H,10H2,1-2H3,(H,19,20). The van der Waals surface area contributed by atoms with Gasteiger partial charge in [0.1, 0.15) is 18.3 Å². The van der Waals surface area contributed by atoms with E-state index in [0.29, 0.717) is 10.8 Å². The zero-order chi connectivity index (χ0) is 15.4. The molecule has 1 atom stereocenters. The van der Waals surface area contributed by atoms with E-state index in [2.05, 4.69) is 0 Å². The van der Waals surface area contributed by atoms with Crippen LogP contribution in [0, 0.1) is 13.8 Å². The van der Waals surface area contributed by atoms with Crippen LogP contribution in [0.2, 0.25) is 5.02 Å². The van der Waals surface area contributed by atoms with Gasteiger partial charge in [0.15, 0.2) is 0 Å². The molecular formula is C17H17ClO3. The SMILES string of the molecule is Cc1cc(OCC(C(=O)O)c2ccccc2)cc(C)c1Cl. The molecule has 0 amide bonds. The first-order chi connectivity index (χ1) is 9.99. The molecule has 0 saturated carbocycles. The molecule has 2 aromatic carbocycles. The lowest BCUT2D eigenvalue weighted by Gasteiger charge is -2.15. The third kappa shape index (κ3) is 3.76. The van der Waals surface area contributed by atoms with Crippen LogP contribution in [0.3, 0.4) is 0 Å². The monoisotopic (exact) mass is 304 g/mol. The van der Waals surface area contributed by atoms with E-state index in [4.69, 9.17) is 16.3 Å². The molecule has 2 rings (SSSR count). The summed E-state index contributed by atoms with van der Waals surface area (Å²) in [5, 5.41) is 10.1. The van der Waals surface area contributed by atoms with Crippen LogP contribution in [0.1, 0.15) is 22.6 Å². The van der Waals surface area contributed by atoms with Gasteiger partial charge in [-0.3, -0.25) is 4.79 Å². The van der Waals surface area contributed by atoms with E-state index in [1.807, 2.05) is 44.2 Å². The number of carboxylic acid groups (broad SMARTS) is 1. The van der Waals surface area contributed by atoms with Crippen molar-refractivity contribution in [2.75, 3.05) is 6.61 Å². The highest BCUT2D eigenvalue weighted by Crippen LogP contribution is 2.27. The Balaban J connectivity index is 2.15. The molecule has 3 nitrogen and oxygen atoms in total. The summed E-state index contributed by atoms with van der Waals surface area (Å²) in [5.41, 5.74) is 2.56. The Hall–Kier alpha value is -2.00. The molecule has 0 aromatic heterocycles. The predicted molar refractivity (Wildman–Crippen MR) is 83.2 cm³/mol. The molecule has 0 aliphatic carbocycles. The molecule has 2 aromatic rings. The molecule has 0 heterocycles. The number of rotatable bonds is 5. The summed E-state index contributed by atoms with van der Waals surface area (Å²) >= 11 is 6.11. The molecule has 0 spiro atoms. The smallest absolute Gasteiger partial charge is 0.314 e. The van der Waals surface area contributed by atoms with Gasteiger partial charge in [-0.2, -0.15) is 0 Å². The minimum absolute atomic E-state index is 0.0832. The number of carboxylic acids is 1.